The van der Waals surface area contributed by atoms with Crippen LogP contribution in [0, 0.1) is 6.92 Å². The van der Waals surface area contributed by atoms with Crippen molar-refractivity contribution in [1.29, 1.82) is 0 Å². The van der Waals surface area contributed by atoms with E-state index in [4.69, 9.17) is 9.72 Å². The summed E-state index contributed by atoms with van der Waals surface area (Å²) in [6.45, 7) is 6.46. The number of aryl methyl sites for hydroxylation is 1. The number of benzene rings is 3. The highest BCUT2D eigenvalue weighted by Gasteiger charge is 2.23. The Morgan fingerprint density at radius 1 is 1.00 bits per heavy atom. The molecule has 3 aromatic carbocycles. The van der Waals surface area contributed by atoms with Crippen LogP contribution in [0.25, 0.3) is 16.7 Å². The van der Waals surface area contributed by atoms with Gasteiger partial charge >= 0.3 is 0 Å². The average molecular weight is 414 g/mol. The summed E-state index contributed by atoms with van der Waals surface area (Å²) in [6, 6.07) is 23.7. The van der Waals surface area contributed by atoms with Gasteiger partial charge in [-0.2, -0.15) is 0 Å². The van der Waals surface area contributed by atoms with Crippen LogP contribution in [0.4, 0.5) is 0 Å². The van der Waals surface area contributed by atoms with Crippen molar-refractivity contribution in [2.75, 3.05) is 7.11 Å². The third-order valence-corrected chi connectivity index (χ3v) is 5.53. The van der Waals surface area contributed by atoms with Crippen LogP contribution < -0.4 is 4.74 Å². The first-order valence-electron chi connectivity index (χ1n) is 10.5. The molecule has 0 atom stereocenters. The Morgan fingerprint density at radius 3 is 2.35 bits per heavy atom. The van der Waals surface area contributed by atoms with Crippen LogP contribution in [-0.4, -0.2) is 33.5 Å². The molecule has 4 aromatic rings. The van der Waals surface area contributed by atoms with E-state index in [0.29, 0.717) is 6.54 Å². The maximum Gasteiger partial charge on any atom is 0.254 e. The number of amides is 1. The molecule has 31 heavy (non-hydrogen) atoms. The Hall–Kier alpha value is -3.60. The van der Waals surface area contributed by atoms with Gasteiger partial charge in [0.15, 0.2) is 0 Å². The minimum Gasteiger partial charge on any atom is -0.497 e. The van der Waals surface area contributed by atoms with E-state index in [1.165, 1.54) is 0 Å². The molecule has 0 bridgehead atoms. The normalized spacial score (nSPS) is 11.1. The monoisotopic (exact) mass is 413 g/mol. The Bertz CT molecular complexity index is 1210. The van der Waals surface area contributed by atoms with Gasteiger partial charge in [0.05, 0.1) is 24.7 Å². The van der Waals surface area contributed by atoms with Crippen LogP contribution in [-0.2, 0) is 6.54 Å². The lowest BCUT2D eigenvalue weighted by Crippen LogP contribution is -2.37. The SMILES string of the molecule is COc1ccc(-n2c(CN(C(=O)c3ccccc3C)C(C)C)nc3ccccc32)cc1. The van der Waals surface area contributed by atoms with Gasteiger partial charge in [-0.05, 0) is 68.8 Å². The first kappa shape index (κ1) is 20.7. The van der Waals surface area contributed by atoms with Gasteiger partial charge in [0.25, 0.3) is 5.91 Å². The third kappa shape index (κ3) is 4.04. The molecule has 1 aromatic heterocycles. The Kier molecular flexibility index (Phi) is 5.76. The van der Waals surface area contributed by atoms with E-state index in [1.54, 1.807) is 7.11 Å². The van der Waals surface area contributed by atoms with Crippen LogP contribution in [0.1, 0.15) is 35.6 Å². The lowest BCUT2D eigenvalue weighted by molar-refractivity contribution is 0.0683. The maximum atomic E-state index is 13.4. The second kappa shape index (κ2) is 8.64. The van der Waals surface area contributed by atoms with Gasteiger partial charge in [0.1, 0.15) is 11.6 Å². The van der Waals surface area contributed by atoms with Gasteiger partial charge in [-0.3, -0.25) is 9.36 Å². The molecule has 1 amide bonds. The highest BCUT2D eigenvalue weighted by molar-refractivity contribution is 5.95. The van der Waals surface area contributed by atoms with Crippen molar-refractivity contribution < 1.29 is 9.53 Å². The summed E-state index contributed by atoms with van der Waals surface area (Å²) in [5, 5.41) is 0. The minimum atomic E-state index is 0.0152. The molecule has 0 saturated carbocycles. The Labute approximate surface area is 182 Å². The van der Waals surface area contributed by atoms with Crippen molar-refractivity contribution in [1.82, 2.24) is 14.5 Å². The van der Waals surface area contributed by atoms with Gasteiger partial charge in [-0.1, -0.05) is 30.3 Å². The van der Waals surface area contributed by atoms with Crippen LogP contribution in [0.2, 0.25) is 0 Å². The second-order valence-electron chi connectivity index (χ2n) is 7.89. The largest absolute Gasteiger partial charge is 0.497 e. The van der Waals surface area contributed by atoms with Gasteiger partial charge < -0.3 is 9.64 Å². The third-order valence-electron chi connectivity index (χ3n) is 5.53. The zero-order valence-electron chi connectivity index (χ0n) is 18.4. The number of rotatable bonds is 6. The van der Waals surface area contributed by atoms with Crippen molar-refractivity contribution in [3.8, 4) is 11.4 Å². The molecule has 0 aliphatic rings. The van der Waals surface area contributed by atoms with Gasteiger partial charge in [0.2, 0.25) is 0 Å². The van der Waals surface area contributed by atoms with E-state index in [2.05, 4.69) is 10.6 Å². The van der Waals surface area contributed by atoms with Crippen molar-refractivity contribution in [2.24, 2.45) is 0 Å². The topological polar surface area (TPSA) is 47.4 Å². The molecular formula is C26H27N3O2. The molecule has 1 heterocycles. The number of carbonyl (C=O) groups is 1. The number of ether oxygens (including phenoxy) is 1. The van der Waals surface area contributed by atoms with E-state index in [9.17, 15) is 4.79 Å². The minimum absolute atomic E-state index is 0.0152. The number of carbonyl (C=O) groups excluding carboxylic acids is 1. The summed E-state index contributed by atoms with van der Waals surface area (Å²) in [5.41, 5.74) is 4.59. The predicted molar refractivity (Wildman–Crippen MR) is 124 cm³/mol. The maximum absolute atomic E-state index is 13.4. The molecule has 0 aliphatic carbocycles. The van der Waals surface area contributed by atoms with Gasteiger partial charge in [-0.15, -0.1) is 0 Å². The zero-order valence-corrected chi connectivity index (χ0v) is 18.4. The first-order valence-corrected chi connectivity index (χ1v) is 10.5. The lowest BCUT2D eigenvalue weighted by atomic mass is 10.1. The van der Waals surface area contributed by atoms with Gasteiger partial charge in [-0.25, -0.2) is 4.98 Å². The Morgan fingerprint density at radius 2 is 1.68 bits per heavy atom. The fraction of sp³-hybridized carbons (Fsp3) is 0.231. The predicted octanol–water partition coefficient (Wildman–Crippen LogP) is 5.39. The Balaban J connectivity index is 1.79. The van der Waals surface area contributed by atoms with E-state index in [1.807, 2.05) is 92.4 Å². The quantitative estimate of drug-likeness (QED) is 0.426. The molecule has 0 fully saturated rings. The summed E-state index contributed by atoms with van der Waals surface area (Å²) in [5.74, 6) is 1.64. The van der Waals surface area contributed by atoms with E-state index < -0.39 is 0 Å². The first-order chi connectivity index (χ1) is 15.0. The van der Waals surface area contributed by atoms with Crippen molar-refractivity contribution in [3.05, 3.63) is 89.7 Å². The second-order valence-corrected chi connectivity index (χ2v) is 7.89. The summed E-state index contributed by atoms with van der Waals surface area (Å²) >= 11 is 0. The number of nitrogens with zero attached hydrogens (tertiary/aromatic N) is 3. The number of hydrogen-bond donors (Lipinski definition) is 0. The summed E-state index contributed by atoms with van der Waals surface area (Å²) in [7, 11) is 1.66. The average Bonchev–Trinajstić information content (AvgIpc) is 3.15. The zero-order chi connectivity index (χ0) is 22.0. The fourth-order valence-corrected chi connectivity index (χ4v) is 3.81. The molecular weight excluding hydrogens is 386 g/mol. The number of aromatic nitrogens is 2. The standard InChI is InChI=1S/C26H27N3O2/c1-18(2)28(26(30)22-10-6-5-9-19(22)3)17-25-27-23-11-7-8-12-24(23)29(25)20-13-15-21(31-4)16-14-20/h5-16,18H,17H2,1-4H3. The number of fused-ring (bicyclic) bond motifs is 1. The van der Waals surface area contributed by atoms with Crippen LogP contribution in [0.3, 0.4) is 0 Å². The van der Waals surface area contributed by atoms with Crippen LogP contribution >= 0.6 is 0 Å². The molecule has 0 aliphatic heterocycles. The van der Waals surface area contributed by atoms with Crippen molar-refractivity contribution in [3.63, 3.8) is 0 Å². The molecule has 5 heteroatoms. The summed E-state index contributed by atoms with van der Waals surface area (Å²) < 4.78 is 7.43. The van der Waals surface area contributed by atoms with Crippen molar-refractivity contribution in [2.45, 2.75) is 33.4 Å². The number of imidazole rings is 1. The molecule has 0 radical (unpaired) electrons. The highest BCUT2D eigenvalue weighted by Crippen LogP contribution is 2.25. The van der Waals surface area contributed by atoms with Gasteiger partial charge in [0, 0.05) is 17.3 Å². The number of para-hydroxylation sites is 2. The van der Waals surface area contributed by atoms with E-state index in [-0.39, 0.29) is 11.9 Å². The summed E-state index contributed by atoms with van der Waals surface area (Å²) in [6.07, 6.45) is 0. The number of methoxy groups -OCH3 is 1. The fourth-order valence-electron chi connectivity index (χ4n) is 3.81. The van der Waals surface area contributed by atoms with Crippen molar-refractivity contribution >= 4 is 16.9 Å². The van der Waals surface area contributed by atoms with Crippen LogP contribution in [0.15, 0.2) is 72.8 Å². The molecule has 0 N–H and O–H groups in total. The lowest BCUT2D eigenvalue weighted by Gasteiger charge is -2.27. The van der Waals surface area contributed by atoms with Crippen LogP contribution in [0.5, 0.6) is 5.75 Å². The highest BCUT2D eigenvalue weighted by atomic mass is 16.5. The molecule has 0 spiro atoms. The smallest absolute Gasteiger partial charge is 0.254 e. The molecule has 158 valence electrons. The van der Waals surface area contributed by atoms with E-state index >= 15 is 0 Å². The molecule has 0 saturated heterocycles. The van der Waals surface area contributed by atoms with E-state index in [0.717, 1.165) is 39.4 Å². The molecule has 4 rings (SSSR count). The molecule has 0 unspecified atom stereocenters. The number of hydrogen-bond acceptors (Lipinski definition) is 3. The summed E-state index contributed by atoms with van der Waals surface area (Å²) in [4.78, 5) is 20.2. The molecule has 5 nitrogen and oxygen atoms in total.